The predicted octanol–water partition coefficient (Wildman–Crippen LogP) is 3.05. The molecule has 1 amide bonds. The van der Waals surface area contributed by atoms with E-state index in [0.717, 1.165) is 61.6 Å². The van der Waals surface area contributed by atoms with Gasteiger partial charge in [-0.1, -0.05) is 24.3 Å². The van der Waals surface area contributed by atoms with Crippen molar-refractivity contribution in [3.05, 3.63) is 59.9 Å². The Morgan fingerprint density at radius 1 is 1.17 bits per heavy atom. The molecule has 1 aromatic heterocycles. The van der Waals surface area contributed by atoms with Gasteiger partial charge in [0.15, 0.2) is 0 Å². The highest BCUT2D eigenvalue weighted by Gasteiger charge is 2.26. The summed E-state index contributed by atoms with van der Waals surface area (Å²) >= 11 is 0. The van der Waals surface area contributed by atoms with Gasteiger partial charge in [-0.15, -0.1) is 0 Å². The molecule has 2 heterocycles. The number of aromatic nitrogens is 2. The van der Waals surface area contributed by atoms with E-state index in [4.69, 9.17) is 9.72 Å². The molecule has 0 bridgehead atoms. The minimum Gasteiger partial charge on any atom is -0.497 e. The second-order valence-corrected chi connectivity index (χ2v) is 7.64. The number of nitrogens with zero attached hydrogens (tertiary/aromatic N) is 3. The molecule has 4 rings (SSSR count). The van der Waals surface area contributed by atoms with Crippen LogP contribution in [0.1, 0.15) is 24.2 Å². The average molecular weight is 393 g/mol. The number of methoxy groups -OCH3 is 1. The second-order valence-electron chi connectivity index (χ2n) is 7.64. The Balaban J connectivity index is 1.60. The van der Waals surface area contributed by atoms with Crippen LogP contribution in [0.5, 0.6) is 5.75 Å². The number of amides is 1. The van der Waals surface area contributed by atoms with E-state index in [2.05, 4.69) is 45.1 Å². The minimum absolute atomic E-state index is 0.0631. The Hall–Kier alpha value is -2.86. The van der Waals surface area contributed by atoms with E-state index in [1.54, 1.807) is 14.2 Å². The van der Waals surface area contributed by atoms with Crippen molar-refractivity contribution in [2.75, 3.05) is 27.2 Å². The summed E-state index contributed by atoms with van der Waals surface area (Å²) in [6, 6.07) is 16.4. The third kappa shape index (κ3) is 4.27. The van der Waals surface area contributed by atoms with Gasteiger partial charge in [-0.05, 0) is 49.2 Å². The van der Waals surface area contributed by atoms with Crippen LogP contribution in [0.25, 0.3) is 11.0 Å². The number of carbonyl (C=O) groups is 1. The highest BCUT2D eigenvalue weighted by molar-refractivity contribution is 5.78. The number of imidazole rings is 1. The maximum Gasteiger partial charge on any atom is 0.224 e. The Bertz CT molecular complexity index is 980. The number of benzene rings is 2. The van der Waals surface area contributed by atoms with Gasteiger partial charge >= 0.3 is 0 Å². The molecule has 1 saturated heterocycles. The third-order valence-corrected chi connectivity index (χ3v) is 5.72. The molecule has 2 aromatic carbocycles. The Labute approximate surface area is 171 Å². The first-order valence-corrected chi connectivity index (χ1v) is 10.2. The SMILES string of the molecule is CNC(=O)[C@@H]1CCCN(Cc2nc3ccccc3n2Cc2ccc(OC)cc2)C1. The topological polar surface area (TPSA) is 59.4 Å². The fourth-order valence-corrected chi connectivity index (χ4v) is 4.15. The summed E-state index contributed by atoms with van der Waals surface area (Å²) in [7, 11) is 3.40. The molecule has 1 fully saturated rings. The highest BCUT2D eigenvalue weighted by Crippen LogP contribution is 2.23. The van der Waals surface area contributed by atoms with Crippen LogP contribution >= 0.6 is 0 Å². The van der Waals surface area contributed by atoms with Crippen molar-refractivity contribution in [3.63, 3.8) is 0 Å². The molecule has 1 aliphatic heterocycles. The van der Waals surface area contributed by atoms with Gasteiger partial charge in [0.05, 0.1) is 30.6 Å². The van der Waals surface area contributed by atoms with E-state index in [1.165, 1.54) is 5.56 Å². The van der Waals surface area contributed by atoms with E-state index in [0.29, 0.717) is 0 Å². The summed E-state index contributed by atoms with van der Waals surface area (Å²) in [5.41, 5.74) is 3.35. The molecule has 152 valence electrons. The molecule has 0 aliphatic carbocycles. The number of carbonyl (C=O) groups excluding carboxylic acids is 1. The van der Waals surface area contributed by atoms with Crippen LogP contribution in [0.15, 0.2) is 48.5 Å². The van der Waals surface area contributed by atoms with Crippen LogP contribution < -0.4 is 10.1 Å². The van der Waals surface area contributed by atoms with Gasteiger partial charge in [0.1, 0.15) is 11.6 Å². The number of piperidine rings is 1. The molecule has 0 saturated carbocycles. The van der Waals surface area contributed by atoms with E-state index < -0.39 is 0 Å². The fraction of sp³-hybridized carbons (Fsp3) is 0.391. The first-order valence-electron chi connectivity index (χ1n) is 10.2. The van der Waals surface area contributed by atoms with E-state index in [9.17, 15) is 4.79 Å². The number of nitrogens with one attached hydrogen (secondary N) is 1. The number of para-hydroxylation sites is 2. The van der Waals surface area contributed by atoms with Crippen LogP contribution in [0.4, 0.5) is 0 Å². The lowest BCUT2D eigenvalue weighted by atomic mass is 9.97. The zero-order valence-corrected chi connectivity index (χ0v) is 17.1. The minimum atomic E-state index is 0.0631. The average Bonchev–Trinajstić information content (AvgIpc) is 3.10. The first kappa shape index (κ1) is 19.5. The van der Waals surface area contributed by atoms with Gasteiger partial charge in [-0.3, -0.25) is 9.69 Å². The number of hydrogen-bond acceptors (Lipinski definition) is 4. The van der Waals surface area contributed by atoms with Gasteiger partial charge in [0.25, 0.3) is 0 Å². The lowest BCUT2D eigenvalue weighted by molar-refractivity contribution is -0.126. The molecule has 6 nitrogen and oxygen atoms in total. The van der Waals surface area contributed by atoms with E-state index >= 15 is 0 Å². The molecule has 3 aromatic rings. The van der Waals surface area contributed by atoms with Crippen LogP contribution in [0.2, 0.25) is 0 Å². The van der Waals surface area contributed by atoms with Crippen molar-refractivity contribution in [2.45, 2.75) is 25.9 Å². The largest absolute Gasteiger partial charge is 0.497 e. The zero-order valence-electron chi connectivity index (χ0n) is 17.1. The maximum absolute atomic E-state index is 12.1. The Morgan fingerprint density at radius 3 is 2.72 bits per heavy atom. The summed E-state index contributed by atoms with van der Waals surface area (Å²) in [4.78, 5) is 19.4. The molecule has 29 heavy (non-hydrogen) atoms. The van der Waals surface area contributed by atoms with Gasteiger partial charge < -0.3 is 14.6 Å². The van der Waals surface area contributed by atoms with Crippen LogP contribution in [0, 0.1) is 5.92 Å². The van der Waals surface area contributed by atoms with Crippen LogP contribution in [0.3, 0.4) is 0 Å². The summed E-state index contributed by atoms with van der Waals surface area (Å²) < 4.78 is 7.57. The van der Waals surface area contributed by atoms with Gasteiger partial charge in [0, 0.05) is 20.1 Å². The van der Waals surface area contributed by atoms with Crippen LogP contribution in [-0.4, -0.2) is 47.6 Å². The molecular formula is C23H28N4O2. The van der Waals surface area contributed by atoms with Crippen molar-refractivity contribution in [2.24, 2.45) is 5.92 Å². The van der Waals surface area contributed by atoms with Crippen molar-refractivity contribution >= 4 is 16.9 Å². The molecule has 0 unspecified atom stereocenters. The van der Waals surface area contributed by atoms with Gasteiger partial charge in [-0.25, -0.2) is 4.98 Å². The number of hydrogen-bond donors (Lipinski definition) is 1. The molecule has 1 aliphatic rings. The highest BCUT2D eigenvalue weighted by atomic mass is 16.5. The summed E-state index contributed by atoms with van der Waals surface area (Å²) in [5, 5.41) is 2.80. The molecule has 0 radical (unpaired) electrons. The van der Waals surface area contributed by atoms with Crippen molar-refractivity contribution in [1.29, 1.82) is 0 Å². The lowest BCUT2D eigenvalue weighted by Gasteiger charge is -2.31. The van der Waals surface area contributed by atoms with Crippen molar-refractivity contribution in [1.82, 2.24) is 19.8 Å². The zero-order chi connectivity index (χ0) is 20.2. The first-order chi connectivity index (χ1) is 14.2. The van der Waals surface area contributed by atoms with E-state index in [-0.39, 0.29) is 11.8 Å². The van der Waals surface area contributed by atoms with Crippen molar-refractivity contribution in [3.8, 4) is 5.75 Å². The second kappa shape index (κ2) is 8.66. The van der Waals surface area contributed by atoms with E-state index in [1.807, 2.05) is 18.2 Å². The molecular weight excluding hydrogens is 364 g/mol. The maximum atomic E-state index is 12.1. The lowest BCUT2D eigenvalue weighted by Crippen LogP contribution is -2.42. The summed E-state index contributed by atoms with van der Waals surface area (Å²) in [6.07, 6.45) is 2.00. The number of rotatable bonds is 6. The normalized spacial score (nSPS) is 17.4. The Kier molecular flexibility index (Phi) is 5.81. The van der Waals surface area contributed by atoms with Crippen LogP contribution in [-0.2, 0) is 17.9 Å². The van der Waals surface area contributed by atoms with Gasteiger partial charge in [-0.2, -0.15) is 0 Å². The Morgan fingerprint density at radius 2 is 1.97 bits per heavy atom. The van der Waals surface area contributed by atoms with Gasteiger partial charge in [0.2, 0.25) is 5.91 Å². The molecule has 6 heteroatoms. The molecule has 1 N–H and O–H groups in total. The smallest absolute Gasteiger partial charge is 0.224 e. The number of fused-ring (bicyclic) bond motifs is 1. The number of ether oxygens (including phenoxy) is 1. The fourth-order valence-electron chi connectivity index (χ4n) is 4.15. The van der Waals surface area contributed by atoms with Crippen molar-refractivity contribution < 1.29 is 9.53 Å². The standard InChI is InChI=1S/C23H28N4O2/c1-24-23(28)18-6-5-13-26(15-18)16-22-25-20-7-3-4-8-21(20)27(22)14-17-9-11-19(29-2)12-10-17/h3-4,7-12,18H,5-6,13-16H2,1-2H3,(H,24,28)/t18-/m1/s1. The molecule has 0 spiro atoms. The third-order valence-electron chi connectivity index (χ3n) is 5.72. The summed E-state index contributed by atoms with van der Waals surface area (Å²) in [5.74, 6) is 2.10. The predicted molar refractivity (Wildman–Crippen MR) is 114 cm³/mol. The monoisotopic (exact) mass is 392 g/mol. The molecule has 1 atom stereocenters. The summed E-state index contributed by atoms with van der Waals surface area (Å²) in [6.45, 7) is 3.29. The number of likely N-dealkylation sites (tertiary alicyclic amines) is 1. The quantitative estimate of drug-likeness (QED) is 0.701.